The summed E-state index contributed by atoms with van der Waals surface area (Å²) in [5.74, 6) is -0.106. The molecule has 9 heteroatoms. The molecule has 1 atom stereocenters. The highest BCUT2D eigenvalue weighted by molar-refractivity contribution is 5.75. The maximum absolute atomic E-state index is 12.2. The zero-order valence-corrected chi connectivity index (χ0v) is 30.4. The maximum atomic E-state index is 12.2. The van der Waals surface area contributed by atoms with Crippen molar-refractivity contribution < 1.29 is 31.9 Å². The van der Waals surface area contributed by atoms with Crippen molar-refractivity contribution in [3.63, 3.8) is 0 Å². The Labute approximate surface area is 268 Å². The van der Waals surface area contributed by atoms with Gasteiger partial charge in [-0.1, -0.05) is 69.2 Å². The Bertz CT molecular complexity index is 759. The molecule has 0 aromatic carbocycles. The van der Waals surface area contributed by atoms with Gasteiger partial charge in [0.15, 0.2) is 0 Å². The summed E-state index contributed by atoms with van der Waals surface area (Å²) in [6, 6.07) is 0. The number of rotatable bonds is 11. The van der Waals surface area contributed by atoms with Crippen LogP contribution >= 0.6 is 0 Å². The average Bonchev–Trinajstić information content (AvgIpc) is 3.75. The van der Waals surface area contributed by atoms with Gasteiger partial charge in [0.2, 0.25) is 17.7 Å². The zero-order valence-electron chi connectivity index (χ0n) is 30.4. The SMILES string of the molecule is CC(=O)NCCC(C)C.CC(C)C1CC(F)(F)C1.CC(C)C1CC1.CC(C)CC(=O)N(C)C.CC(C)CCOC1CC1(F)F. The van der Waals surface area contributed by atoms with Gasteiger partial charge in [-0.15, -0.1) is 0 Å². The van der Waals surface area contributed by atoms with E-state index in [-0.39, 0.29) is 37.0 Å². The summed E-state index contributed by atoms with van der Waals surface area (Å²) >= 11 is 0. The maximum Gasteiger partial charge on any atom is 0.276 e. The van der Waals surface area contributed by atoms with Gasteiger partial charge in [-0.2, -0.15) is 0 Å². The lowest BCUT2D eigenvalue weighted by Gasteiger charge is -2.37. The Morgan fingerprint density at radius 3 is 1.43 bits per heavy atom. The van der Waals surface area contributed by atoms with E-state index in [1.165, 1.54) is 12.8 Å². The molecule has 0 aromatic rings. The first-order valence-electron chi connectivity index (χ1n) is 16.8. The molecule has 3 fully saturated rings. The van der Waals surface area contributed by atoms with E-state index in [1.807, 2.05) is 27.7 Å². The first-order chi connectivity index (χ1) is 20.0. The van der Waals surface area contributed by atoms with Gasteiger partial charge in [0.05, 0.1) is 0 Å². The van der Waals surface area contributed by atoms with Gasteiger partial charge in [0, 0.05) is 59.9 Å². The van der Waals surface area contributed by atoms with Gasteiger partial charge in [0.1, 0.15) is 6.10 Å². The van der Waals surface area contributed by atoms with E-state index in [0.717, 1.165) is 31.2 Å². The number of hydrogen-bond donors (Lipinski definition) is 1. The number of carbonyl (C=O) groups excluding carboxylic acids is 2. The summed E-state index contributed by atoms with van der Waals surface area (Å²) in [5.41, 5.74) is 0. The average molecular weight is 641 g/mol. The number of amides is 2. The first kappa shape index (κ1) is 44.7. The third-order valence-electron chi connectivity index (χ3n) is 7.59. The van der Waals surface area contributed by atoms with Crippen LogP contribution in [0, 0.1) is 41.4 Å². The van der Waals surface area contributed by atoms with Crippen LogP contribution < -0.4 is 5.32 Å². The lowest BCUT2D eigenvalue weighted by atomic mass is 9.74. The van der Waals surface area contributed by atoms with E-state index in [4.69, 9.17) is 4.74 Å². The van der Waals surface area contributed by atoms with Crippen LogP contribution in [-0.2, 0) is 14.3 Å². The van der Waals surface area contributed by atoms with Crippen molar-refractivity contribution in [2.24, 2.45) is 41.4 Å². The molecule has 264 valence electrons. The van der Waals surface area contributed by atoms with Crippen LogP contribution in [0.25, 0.3) is 0 Å². The summed E-state index contributed by atoms with van der Waals surface area (Å²) in [4.78, 5) is 22.8. The summed E-state index contributed by atoms with van der Waals surface area (Å²) in [6.45, 7) is 23.9. The van der Waals surface area contributed by atoms with Crippen LogP contribution in [0.1, 0.15) is 128 Å². The minimum absolute atomic E-state index is 0.0654. The molecule has 3 aliphatic rings. The van der Waals surface area contributed by atoms with Crippen LogP contribution in [0.15, 0.2) is 0 Å². The predicted octanol–water partition coefficient (Wildman–Crippen LogP) is 9.49. The Hall–Kier alpha value is -1.38. The summed E-state index contributed by atoms with van der Waals surface area (Å²) in [7, 11) is 3.56. The monoisotopic (exact) mass is 641 g/mol. The topological polar surface area (TPSA) is 58.6 Å². The lowest BCUT2D eigenvalue weighted by molar-refractivity contribution is -0.129. The van der Waals surface area contributed by atoms with Crippen LogP contribution in [0.3, 0.4) is 0 Å². The number of nitrogens with one attached hydrogen (secondary N) is 1. The molecule has 0 radical (unpaired) electrons. The van der Waals surface area contributed by atoms with Crippen molar-refractivity contribution in [2.45, 2.75) is 145 Å². The van der Waals surface area contributed by atoms with Crippen molar-refractivity contribution in [2.75, 3.05) is 27.2 Å². The number of ether oxygens (including phenoxy) is 1. The second-order valence-electron chi connectivity index (χ2n) is 14.9. The minimum atomic E-state index is -2.52. The molecule has 1 N–H and O–H groups in total. The van der Waals surface area contributed by atoms with E-state index in [9.17, 15) is 27.2 Å². The minimum Gasteiger partial charge on any atom is -0.372 e. The van der Waals surface area contributed by atoms with Crippen molar-refractivity contribution in [3.05, 3.63) is 0 Å². The highest BCUT2D eigenvalue weighted by atomic mass is 19.3. The molecule has 2 amide bonds. The fourth-order valence-electron chi connectivity index (χ4n) is 3.83. The molecule has 44 heavy (non-hydrogen) atoms. The summed E-state index contributed by atoms with van der Waals surface area (Å²) < 4.78 is 53.6. The Balaban J connectivity index is 0. The summed E-state index contributed by atoms with van der Waals surface area (Å²) in [6.07, 6.45) is 4.97. The quantitative estimate of drug-likeness (QED) is 0.229. The van der Waals surface area contributed by atoms with Gasteiger partial charge in [-0.25, -0.2) is 17.6 Å². The molecule has 0 aliphatic heterocycles. The molecule has 0 heterocycles. The number of alkyl halides is 4. The van der Waals surface area contributed by atoms with E-state index in [0.29, 0.717) is 36.7 Å². The molecule has 3 rings (SSSR count). The Morgan fingerprint density at radius 1 is 0.773 bits per heavy atom. The third-order valence-corrected chi connectivity index (χ3v) is 7.59. The fourth-order valence-corrected chi connectivity index (χ4v) is 3.83. The van der Waals surface area contributed by atoms with E-state index < -0.39 is 17.9 Å². The van der Waals surface area contributed by atoms with Crippen molar-refractivity contribution >= 4 is 11.8 Å². The van der Waals surface area contributed by atoms with Gasteiger partial charge < -0.3 is 15.0 Å². The number of halogens is 4. The smallest absolute Gasteiger partial charge is 0.276 e. The molecule has 0 spiro atoms. The number of nitrogens with zero attached hydrogens (tertiary/aromatic N) is 1. The second kappa shape index (κ2) is 22.2. The van der Waals surface area contributed by atoms with E-state index in [1.54, 1.807) is 25.9 Å². The molecular formula is C35H68F4N2O3. The molecule has 5 nitrogen and oxygen atoms in total. The lowest BCUT2D eigenvalue weighted by Crippen LogP contribution is -2.37. The van der Waals surface area contributed by atoms with Crippen molar-refractivity contribution in [1.82, 2.24) is 10.2 Å². The highest BCUT2D eigenvalue weighted by Crippen LogP contribution is 2.46. The van der Waals surface area contributed by atoms with Gasteiger partial charge in [0.25, 0.3) is 5.92 Å². The molecular weight excluding hydrogens is 572 g/mol. The normalized spacial score (nSPS) is 19.4. The van der Waals surface area contributed by atoms with Crippen LogP contribution in [0.5, 0.6) is 0 Å². The molecule has 0 aromatic heterocycles. The summed E-state index contributed by atoms with van der Waals surface area (Å²) in [5, 5.41) is 2.74. The first-order valence-corrected chi connectivity index (χ1v) is 16.8. The Morgan fingerprint density at radius 2 is 1.23 bits per heavy atom. The molecule has 1 unspecified atom stereocenters. The zero-order chi connectivity index (χ0) is 34.8. The third kappa shape index (κ3) is 27.0. The standard InChI is InChI=1S/C8H14F2O.C7H12F2.2C7H15NO.C6H12/c1-6(2)3-4-11-7-5-8(7,9)10;1-5(2)6-3-7(8,9)4-6;1-6(2)5-7(9)8(3)4;1-6(2)4-5-8-7(3)9;1-5(2)6-3-4-6/h6-7H,3-5H2,1-2H3;5-6H,3-4H2,1-2H3;6H,5H2,1-4H3;6H,4-5H2,1-3H3,(H,8,9);5-6H,3-4H2,1-2H3. The molecule has 0 saturated heterocycles. The van der Waals surface area contributed by atoms with Crippen molar-refractivity contribution in [3.8, 4) is 0 Å². The predicted molar refractivity (Wildman–Crippen MR) is 175 cm³/mol. The Kier molecular flexibility index (Phi) is 22.6. The van der Waals surface area contributed by atoms with Gasteiger partial charge in [-0.3, -0.25) is 9.59 Å². The second-order valence-corrected chi connectivity index (χ2v) is 14.9. The van der Waals surface area contributed by atoms with Crippen LogP contribution in [0.2, 0.25) is 0 Å². The molecule has 3 saturated carbocycles. The number of hydrogen-bond acceptors (Lipinski definition) is 3. The van der Waals surface area contributed by atoms with Crippen LogP contribution in [0.4, 0.5) is 17.6 Å². The van der Waals surface area contributed by atoms with Gasteiger partial charge >= 0.3 is 0 Å². The highest BCUT2D eigenvalue weighted by Gasteiger charge is 2.58. The van der Waals surface area contributed by atoms with Gasteiger partial charge in [-0.05, 0) is 67.1 Å². The molecule has 3 aliphatic carbocycles. The van der Waals surface area contributed by atoms with E-state index >= 15 is 0 Å². The molecule has 0 bridgehead atoms. The fraction of sp³-hybridized carbons (Fsp3) is 0.943. The largest absolute Gasteiger partial charge is 0.372 e. The number of carbonyl (C=O) groups is 2. The van der Waals surface area contributed by atoms with E-state index in [2.05, 4.69) is 46.9 Å². The van der Waals surface area contributed by atoms with Crippen LogP contribution in [-0.4, -0.2) is 61.9 Å². The van der Waals surface area contributed by atoms with Crippen molar-refractivity contribution in [1.29, 1.82) is 0 Å².